The highest BCUT2D eigenvalue weighted by atomic mass is 16.5. The maximum absolute atomic E-state index is 13.2. The summed E-state index contributed by atoms with van der Waals surface area (Å²) in [7, 11) is 1.63. The normalized spacial score (nSPS) is 15.1. The predicted molar refractivity (Wildman–Crippen MR) is 112 cm³/mol. The number of rotatable bonds is 7. The van der Waals surface area contributed by atoms with Crippen molar-refractivity contribution >= 4 is 17.4 Å². The second-order valence-electron chi connectivity index (χ2n) is 6.90. The molecule has 1 N–H and O–H groups in total. The second kappa shape index (κ2) is 8.96. The van der Waals surface area contributed by atoms with Crippen LogP contribution in [-0.4, -0.2) is 36.5 Å². The maximum Gasteiger partial charge on any atom is 0.327 e. The van der Waals surface area contributed by atoms with E-state index >= 15 is 0 Å². The zero-order valence-electron chi connectivity index (χ0n) is 17.0. The largest absolute Gasteiger partial charge is 0.494 e. The van der Waals surface area contributed by atoms with Gasteiger partial charge in [-0.15, -0.1) is 0 Å². The van der Waals surface area contributed by atoms with E-state index in [1.165, 1.54) is 0 Å². The van der Waals surface area contributed by atoms with Gasteiger partial charge in [0.15, 0.2) is 5.82 Å². The Morgan fingerprint density at radius 3 is 2.80 bits per heavy atom. The van der Waals surface area contributed by atoms with Gasteiger partial charge in [-0.2, -0.15) is 4.98 Å². The Balaban J connectivity index is 1.57. The van der Waals surface area contributed by atoms with Gasteiger partial charge in [-0.05, 0) is 42.8 Å². The molecule has 0 aliphatic carbocycles. The van der Waals surface area contributed by atoms with E-state index in [1.807, 2.05) is 55.5 Å². The molecule has 156 valence electrons. The van der Waals surface area contributed by atoms with Gasteiger partial charge < -0.3 is 19.3 Å². The summed E-state index contributed by atoms with van der Waals surface area (Å²) in [5.74, 6) is 1.74. The van der Waals surface area contributed by atoms with Gasteiger partial charge in [-0.1, -0.05) is 23.4 Å². The lowest BCUT2D eigenvalue weighted by atomic mass is 10.1. The molecule has 8 nitrogen and oxygen atoms in total. The summed E-state index contributed by atoms with van der Waals surface area (Å²) in [6.07, 6.45) is 1.16. The molecule has 1 atom stereocenters. The van der Waals surface area contributed by atoms with E-state index in [0.29, 0.717) is 43.5 Å². The zero-order valence-corrected chi connectivity index (χ0v) is 17.0. The molecule has 3 aromatic rings. The molecule has 0 spiro atoms. The molecule has 2 heterocycles. The van der Waals surface area contributed by atoms with Gasteiger partial charge in [-0.3, -0.25) is 4.90 Å². The van der Waals surface area contributed by atoms with Gasteiger partial charge in [0.05, 0.1) is 13.2 Å². The number of urea groups is 1. The van der Waals surface area contributed by atoms with Crippen molar-refractivity contribution in [1.29, 1.82) is 0 Å². The minimum atomic E-state index is -0.367. The molecule has 4 rings (SSSR count). The molecular formula is C22H24N4O4. The number of amides is 2. The minimum absolute atomic E-state index is 0.259. The van der Waals surface area contributed by atoms with Crippen LogP contribution in [0.15, 0.2) is 53.1 Å². The van der Waals surface area contributed by atoms with Crippen LogP contribution in [0.1, 0.15) is 30.2 Å². The molecule has 2 amide bonds. The molecule has 30 heavy (non-hydrogen) atoms. The van der Waals surface area contributed by atoms with Crippen LogP contribution in [0.2, 0.25) is 0 Å². The fourth-order valence-corrected chi connectivity index (χ4v) is 3.52. The first-order valence-corrected chi connectivity index (χ1v) is 9.92. The van der Waals surface area contributed by atoms with E-state index in [2.05, 4.69) is 15.5 Å². The van der Waals surface area contributed by atoms with Crippen molar-refractivity contribution in [3.8, 4) is 5.75 Å². The van der Waals surface area contributed by atoms with Crippen LogP contribution < -0.4 is 15.0 Å². The molecular weight excluding hydrogens is 384 g/mol. The van der Waals surface area contributed by atoms with Crippen LogP contribution >= 0.6 is 0 Å². The fraction of sp³-hybridized carbons (Fsp3) is 0.318. The van der Waals surface area contributed by atoms with Crippen molar-refractivity contribution in [2.24, 2.45) is 0 Å². The third-order valence-electron chi connectivity index (χ3n) is 4.91. The second-order valence-corrected chi connectivity index (χ2v) is 6.90. The average molecular weight is 408 g/mol. The van der Waals surface area contributed by atoms with E-state index < -0.39 is 0 Å². The van der Waals surface area contributed by atoms with Gasteiger partial charge in [0.1, 0.15) is 11.8 Å². The Labute approximate surface area is 174 Å². The van der Waals surface area contributed by atoms with E-state index in [-0.39, 0.29) is 12.1 Å². The molecule has 0 saturated carbocycles. The summed E-state index contributed by atoms with van der Waals surface area (Å²) >= 11 is 0. The summed E-state index contributed by atoms with van der Waals surface area (Å²) in [5, 5.41) is 6.98. The Morgan fingerprint density at radius 2 is 2.03 bits per heavy atom. The molecule has 1 unspecified atom stereocenters. The Hall–Kier alpha value is -3.39. The highest BCUT2D eigenvalue weighted by molar-refractivity contribution is 6.03. The van der Waals surface area contributed by atoms with Crippen LogP contribution in [0.5, 0.6) is 5.75 Å². The number of methoxy groups -OCH3 is 1. The van der Waals surface area contributed by atoms with Crippen LogP contribution in [0.4, 0.5) is 16.2 Å². The zero-order chi connectivity index (χ0) is 20.9. The Morgan fingerprint density at radius 1 is 1.23 bits per heavy atom. The van der Waals surface area contributed by atoms with Crippen molar-refractivity contribution in [3.63, 3.8) is 0 Å². The number of anilines is 2. The van der Waals surface area contributed by atoms with Crippen molar-refractivity contribution < 1.29 is 18.8 Å². The summed E-state index contributed by atoms with van der Waals surface area (Å²) in [6.45, 7) is 3.03. The Kier molecular flexibility index (Phi) is 5.94. The summed E-state index contributed by atoms with van der Waals surface area (Å²) in [4.78, 5) is 19.4. The molecule has 0 radical (unpaired) electrons. The number of hydrogen-bond donors (Lipinski definition) is 1. The molecule has 0 fully saturated rings. The lowest BCUT2D eigenvalue weighted by Crippen LogP contribution is -2.36. The topological polar surface area (TPSA) is 89.7 Å². The summed E-state index contributed by atoms with van der Waals surface area (Å²) in [5.41, 5.74) is 2.57. The van der Waals surface area contributed by atoms with E-state index in [1.54, 1.807) is 12.0 Å². The first-order valence-electron chi connectivity index (χ1n) is 9.92. The predicted octanol–water partition coefficient (Wildman–Crippen LogP) is 3.99. The quantitative estimate of drug-likeness (QED) is 0.636. The smallest absolute Gasteiger partial charge is 0.327 e. The number of aromatic nitrogens is 2. The third-order valence-corrected chi connectivity index (χ3v) is 4.91. The van der Waals surface area contributed by atoms with Crippen molar-refractivity contribution in [2.45, 2.75) is 25.8 Å². The monoisotopic (exact) mass is 408 g/mol. The molecule has 1 aromatic heterocycles. The number of hydrogen-bond acceptors (Lipinski definition) is 6. The molecule has 0 bridgehead atoms. The van der Waals surface area contributed by atoms with Crippen molar-refractivity contribution in [3.05, 3.63) is 65.8 Å². The standard InChI is InChI=1S/C22H24N4O4/c1-3-29-17-10-8-16(9-11-17)23-22(27)26-18-7-5-4-6-15(18)14-19(26)21-24-20(25-30-21)12-13-28-2/h4-11,19H,3,12-14H2,1-2H3,(H,23,27). The van der Waals surface area contributed by atoms with Crippen LogP contribution in [0.3, 0.4) is 0 Å². The SMILES string of the molecule is CCOc1ccc(NC(=O)N2c3ccccc3CC2c2nc(CCOC)no2)cc1. The fourth-order valence-electron chi connectivity index (χ4n) is 3.52. The maximum atomic E-state index is 13.2. The summed E-state index contributed by atoms with van der Waals surface area (Å²) in [6, 6.07) is 14.5. The van der Waals surface area contributed by atoms with Crippen LogP contribution in [0, 0.1) is 0 Å². The lowest BCUT2D eigenvalue weighted by Gasteiger charge is -2.23. The van der Waals surface area contributed by atoms with Crippen LogP contribution in [0.25, 0.3) is 0 Å². The van der Waals surface area contributed by atoms with E-state index in [9.17, 15) is 4.79 Å². The number of fused-ring (bicyclic) bond motifs is 1. The van der Waals surface area contributed by atoms with Gasteiger partial charge in [0, 0.05) is 31.3 Å². The van der Waals surface area contributed by atoms with E-state index in [0.717, 1.165) is 17.0 Å². The van der Waals surface area contributed by atoms with Gasteiger partial charge in [0.2, 0.25) is 5.89 Å². The average Bonchev–Trinajstić information content (AvgIpc) is 3.38. The Bertz CT molecular complexity index is 1000. The minimum Gasteiger partial charge on any atom is -0.494 e. The molecule has 1 aliphatic rings. The van der Waals surface area contributed by atoms with Crippen molar-refractivity contribution in [2.75, 3.05) is 30.5 Å². The van der Waals surface area contributed by atoms with Crippen LogP contribution in [-0.2, 0) is 17.6 Å². The number of carbonyl (C=O) groups excluding carboxylic acids is 1. The van der Waals surface area contributed by atoms with Crippen molar-refractivity contribution in [1.82, 2.24) is 10.1 Å². The number of benzene rings is 2. The number of carbonyl (C=O) groups is 1. The van der Waals surface area contributed by atoms with Gasteiger partial charge in [0.25, 0.3) is 0 Å². The highest BCUT2D eigenvalue weighted by Gasteiger charge is 2.38. The molecule has 2 aromatic carbocycles. The van der Waals surface area contributed by atoms with Gasteiger partial charge >= 0.3 is 6.03 Å². The third kappa shape index (κ3) is 4.13. The first kappa shape index (κ1) is 19.9. The van der Waals surface area contributed by atoms with Gasteiger partial charge in [-0.25, -0.2) is 4.79 Å². The lowest BCUT2D eigenvalue weighted by molar-refractivity contribution is 0.199. The number of nitrogens with zero attached hydrogens (tertiary/aromatic N) is 3. The number of ether oxygens (including phenoxy) is 2. The highest BCUT2D eigenvalue weighted by Crippen LogP contribution is 2.40. The molecule has 8 heteroatoms. The molecule has 0 saturated heterocycles. The number of para-hydroxylation sites is 1. The summed E-state index contributed by atoms with van der Waals surface area (Å²) < 4.78 is 16.0. The molecule has 1 aliphatic heterocycles. The number of nitrogens with one attached hydrogen (secondary N) is 1. The first-order chi connectivity index (χ1) is 14.7. The van der Waals surface area contributed by atoms with E-state index in [4.69, 9.17) is 14.0 Å².